The van der Waals surface area contributed by atoms with E-state index in [1.165, 1.54) is 0 Å². The molecular weight excluding hydrogens is 167 g/mol. The Morgan fingerprint density at radius 3 is 2.69 bits per heavy atom. The largest absolute Gasteiger partial charge is 0.372 e. The zero-order valence-corrected chi connectivity index (χ0v) is 7.83. The summed E-state index contributed by atoms with van der Waals surface area (Å²) in [6.45, 7) is 0.569. The minimum Gasteiger partial charge on any atom is -0.372 e. The number of hydrogen-bond acceptors (Lipinski definition) is 2. The molecule has 0 saturated carbocycles. The van der Waals surface area contributed by atoms with Crippen molar-refractivity contribution in [1.29, 1.82) is 0 Å². The third-order valence-electron chi connectivity index (χ3n) is 2.04. The highest BCUT2D eigenvalue weighted by molar-refractivity contribution is 5.52. The molecule has 0 radical (unpaired) electrons. The Bertz CT molecular complexity index is 263. The first-order valence-corrected chi connectivity index (χ1v) is 4.34. The summed E-state index contributed by atoms with van der Waals surface area (Å²) in [5.41, 5.74) is 7.63. The van der Waals surface area contributed by atoms with Crippen LogP contribution in [0.4, 0.5) is 10.1 Å². The summed E-state index contributed by atoms with van der Waals surface area (Å²) in [5.74, 6) is 0. The van der Waals surface area contributed by atoms with E-state index in [1.54, 1.807) is 0 Å². The summed E-state index contributed by atoms with van der Waals surface area (Å²) in [6, 6.07) is 7.79. The van der Waals surface area contributed by atoms with Gasteiger partial charge in [-0.25, -0.2) is 4.39 Å². The molecule has 0 unspecified atom stereocenters. The van der Waals surface area contributed by atoms with Gasteiger partial charge in [0.05, 0.1) is 0 Å². The molecule has 0 aromatic heterocycles. The van der Waals surface area contributed by atoms with E-state index in [2.05, 4.69) is 0 Å². The quantitative estimate of drug-likeness (QED) is 0.765. The van der Waals surface area contributed by atoms with Crippen molar-refractivity contribution in [2.45, 2.75) is 6.54 Å². The van der Waals surface area contributed by atoms with Gasteiger partial charge in [-0.2, -0.15) is 0 Å². The first-order chi connectivity index (χ1) is 6.29. The average molecular weight is 182 g/mol. The van der Waals surface area contributed by atoms with E-state index in [1.807, 2.05) is 36.2 Å². The van der Waals surface area contributed by atoms with E-state index in [0.29, 0.717) is 13.1 Å². The van der Waals surface area contributed by atoms with Crippen LogP contribution in [0.2, 0.25) is 0 Å². The number of nitrogens with zero attached hydrogens (tertiary/aromatic N) is 1. The Kier molecular flexibility index (Phi) is 3.71. The predicted molar refractivity (Wildman–Crippen MR) is 53.6 cm³/mol. The second-order valence-electron chi connectivity index (χ2n) is 2.94. The van der Waals surface area contributed by atoms with Crippen LogP contribution >= 0.6 is 0 Å². The Labute approximate surface area is 78.2 Å². The van der Waals surface area contributed by atoms with Crippen LogP contribution in [0.15, 0.2) is 24.3 Å². The van der Waals surface area contributed by atoms with Crippen molar-refractivity contribution in [3.8, 4) is 0 Å². The van der Waals surface area contributed by atoms with E-state index in [4.69, 9.17) is 5.73 Å². The molecule has 2 nitrogen and oxygen atoms in total. The van der Waals surface area contributed by atoms with Gasteiger partial charge in [-0.1, -0.05) is 18.2 Å². The topological polar surface area (TPSA) is 29.3 Å². The number of para-hydroxylation sites is 1. The Balaban J connectivity index is 2.85. The number of rotatable bonds is 4. The molecule has 0 spiro atoms. The third-order valence-corrected chi connectivity index (χ3v) is 2.04. The number of hydrogen-bond donors (Lipinski definition) is 1. The lowest BCUT2D eigenvalue weighted by Gasteiger charge is -2.20. The molecule has 72 valence electrons. The molecular formula is C10H15FN2. The highest BCUT2D eigenvalue weighted by Gasteiger charge is 2.04. The smallest absolute Gasteiger partial charge is 0.107 e. The predicted octanol–water partition coefficient (Wildman–Crippen LogP) is 1.55. The number of benzene rings is 1. The Hall–Kier alpha value is -1.09. The van der Waals surface area contributed by atoms with Gasteiger partial charge in [-0.05, 0) is 11.6 Å². The van der Waals surface area contributed by atoms with E-state index in [-0.39, 0.29) is 6.67 Å². The van der Waals surface area contributed by atoms with Crippen LogP contribution in [-0.4, -0.2) is 20.3 Å². The van der Waals surface area contributed by atoms with Crippen LogP contribution in [0.25, 0.3) is 0 Å². The van der Waals surface area contributed by atoms with Crippen molar-refractivity contribution in [2.24, 2.45) is 5.73 Å². The summed E-state index contributed by atoms with van der Waals surface area (Å²) in [5, 5.41) is 0. The molecule has 0 saturated heterocycles. The fraction of sp³-hybridized carbons (Fsp3) is 0.400. The van der Waals surface area contributed by atoms with Gasteiger partial charge < -0.3 is 10.6 Å². The lowest BCUT2D eigenvalue weighted by atomic mass is 10.1. The highest BCUT2D eigenvalue weighted by Crippen LogP contribution is 2.17. The first kappa shape index (κ1) is 9.99. The van der Waals surface area contributed by atoms with E-state index in [0.717, 1.165) is 11.3 Å². The Morgan fingerprint density at radius 2 is 2.08 bits per heavy atom. The lowest BCUT2D eigenvalue weighted by Crippen LogP contribution is -2.21. The molecule has 2 N–H and O–H groups in total. The molecule has 0 amide bonds. The molecule has 0 aliphatic heterocycles. The van der Waals surface area contributed by atoms with Crippen molar-refractivity contribution in [1.82, 2.24) is 0 Å². The van der Waals surface area contributed by atoms with Gasteiger partial charge in [0.25, 0.3) is 0 Å². The molecule has 0 bridgehead atoms. The molecule has 0 atom stereocenters. The molecule has 1 aromatic rings. The maximum atomic E-state index is 12.1. The van der Waals surface area contributed by atoms with Crippen molar-refractivity contribution < 1.29 is 4.39 Å². The van der Waals surface area contributed by atoms with Crippen molar-refractivity contribution in [2.75, 3.05) is 25.2 Å². The second-order valence-corrected chi connectivity index (χ2v) is 2.94. The monoisotopic (exact) mass is 182 g/mol. The molecule has 1 aromatic carbocycles. The van der Waals surface area contributed by atoms with Crippen LogP contribution in [0.3, 0.4) is 0 Å². The first-order valence-electron chi connectivity index (χ1n) is 4.34. The van der Waals surface area contributed by atoms with Crippen molar-refractivity contribution >= 4 is 5.69 Å². The van der Waals surface area contributed by atoms with Gasteiger partial charge in [-0.3, -0.25) is 0 Å². The molecule has 1 rings (SSSR count). The van der Waals surface area contributed by atoms with Gasteiger partial charge in [0.15, 0.2) is 0 Å². The minimum atomic E-state index is -0.338. The summed E-state index contributed by atoms with van der Waals surface area (Å²) < 4.78 is 12.1. The third kappa shape index (κ3) is 2.42. The molecule has 0 aliphatic rings. The molecule has 0 aliphatic carbocycles. The average Bonchev–Trinajstić information content (AvgIpc) is 2.18. The van der Waals surface area contributed by atoms with Crippen LogP contribution in [0, 0.1) is 0 Å². The van der Waals surface area contributed by atoms with Crippen molar-refractivity contribution in [3.63, 3.8) is 0 Å². The summed E-state index contributed by atoms with van der Waals surface area (Å²) in [4.78, 5) is 1.88. The van der Waals surface area contributed by atoms with E-state index in [9.17, 15) is 4.39 Å². The van der Waals surface area contributed by atoms with Crippen LogP contribution in [0.5, 0.6) is 0 Å². The van der Waals surface area contributed by atoms with Gasteiger partial charge >= 0.3 is 0 Å². The fourth-order valence-corrected chi connectivity index (χ4v) is 1.30. The molecule has 3 heteroatoms. The molecule has 0 heterocycles. The zero-order chi connectivity index (χ0) is 9.68. The zero-order valence-electron chi connectivity index (χ0n) is 7.83. The Morgan fingerprint density at radius 1 is 1.38 bits per heavy atom. The maximum absolute atomic E-state index is 12.1. The summed E-state index contributed by atoms with van der Waals surface area (Å²) >= 11 is 0. The highest BCUT2D eigenvalue weighted by atomic mass is 19.1. The fourth-order valence-electron chi connectivity index (χ4n) is 1.30. The number of anilines is 1. The number of halogens is 1. The minimum absolute atomic E-state index is 0.338. The SMILES string of the molecule is CN(CCF)c1ccccc1CN. The summed E-state index contributed by atoms with van der Waals surface area (Å²) in [6.07, 6.45) is 0. The summed E-state index contributed by atoms with van der Waals surface area (Å²) in [7, 11) is 1.87. The van der Waals surface area contributed by atoms with Gasteiger partial charge in [0.1, 0.15) is 6.67 Å². The van der Waals surface area contributed by atoms with Crippen LogP contribution < -0.4 is 10.6 Å². The second kappa shape index (κ2) is 4.82. The number of nitrogens with two attached hydrogens (primary N) is 1. The lowest BCUT2D eigenvalue weighted by molar-refractivity contribution is 0.497. The maximum Gasteiger partial charge on any atom is 0.107 e. The molecule has 0 fully saturated rings. The van der Waals surface area contributed by atoms with Crippen LogP contribution in [0.1, 0.15) is 5.56 Å². The number of alkyl halides is 1. The molecule has 13 heavy (non-hydrogen) atoms. The van der Waals surface area contributed by atoms with Gasteiger partial charge in [0.2, 0.25) is 0 Å². The van der Waals surface area contributed by atoms with Crippen LogP contribution in [-0.2, 0) is 6.54 Å². The van der Waals surface area contributed by atoms with Gasteiger partial charge in [0, 0.05) is 25.8 Å². The van der Waals surface area contributed by atoms with E-state index >= 15 is 0 Å². The van der Waals surface area contributed by atoms with Gasteiger partial charge in [-0.15, -0.1) is 0 Å². The standard InChI is InChI=1S/C10H15FN2/c1-13(7-6-11)10-5-3-2-4-9(10)8-12/h2-5H,6-8,12H2,1H3. The van der Waals surface area contributed by atoms with E-state index < -0.39 is 0 Å². The van der Waals surface area contributed by atoms with Crippen molar-refractivity contribution in [3.05, 3.63) is 29.8 Å². The normalized spacial score (nSPS) is 10.1.